The molecule has 2 saturated carbocycles. The van der Waals surface area contributed by atoms with Crippen molar-refractivity contribution >= 4 is 0 Å². The monoisotopic (exact) mass is 277 g/mol. The first kappa shape index (κ1) is 14.3. The molecule has 4 heteroatoms. The van der Waals surface area contributed by atoms with Crippen LogP contribution in [0, 0.1) is 17.2 Å². The van der Waals surface area contributed by atoms with E-state index in [4.69, 9.17) is 4.74 Å². The quantitative estimate of drug-likeness (QED) is 0.806. The van der Waals surface area contributed by atoms with E-state index >= 15 is 0 Å². The zero-order valence-corrected chi connectivity index (χ0v) is 12.6. The molecule has 0 radical (unpaired) electrons. The lowest BCUT2D eigenvalue weighted by Gasteiger charge is -2.32. The van der Waals surface area contributed by atoms with Crippen LogP contribution in [0.2, 0.25) is 0 Å². The predicted octanol–water partition coefficient (Wildman–Crippen LogP) is 1.91. The van der Waals surface area contributed by atoms with Crippen LogP contribution >= 0.6 is 0 Å². The highest BCUT2D eigenvalue weighted by molar-refractivity contribution is 5.16. The molecule has 2 aliphatic carbocycles. The van der Waals surface area contributed by atoms with Crippen LogP contribution in [0.1, 0.15) is 44.9 Å². The van der Waals surface area contributed by atoms with Crippen molar-refractivity contribution in [2.75, 3.05) is 26.8 Å². The summed E-state index contributed by atoms with van der Waals surface area (Å²) in [6.07, 6.45) is 8.27. The summed E-state index contributed by atoms with van der Waals surface area (Å²) in [5, 5.41) is 13.3. The topological polar surface area (TPSA) is 48.3 Å². The third-order valence-corrected chi connectivity index (χ3v) is 5.42. The van der Waals surface area contributed by atoms with Gasteiger partial charge in [0, 0.05) is 18.7 Å². The molecule has 3 rings (SSSR count). The van der Waals surface area contributed by atoms with Gasteiger partial charge in [-0.2, -0.15) is 5.26 Å². The molecule has 3 aliphatic rings. The van der Waals surface area contributed by atoms with Gasteiger partial charge in [0.15, 0.2) is 0 Å². The Morgan fingerprint density at radius 3 is 2.85 bits per heavy atom. The van der Waals surface area contributed by atoms with Crippen molar-refractivity contribution < 1.29 is 4.74 Å². The van der Waals surface area contributed by atoms with Gasteiger partial charge in [-0.25, -0.2) is 0 Å². The van der Waals surface area contributed by atoms with Crippen LogP contribution in [0.15, 0.2) is 0 Å². The van der Waals surface area contributed by atoms with Crippen molar-refractivity contribution in [1.82, 2.24) is 10.2 Å². The molecule has 1 heterocycles. The molecule has 1 aliphatic heterocycles. The van der Waals surface area contributed by atoms with E-state index in [-0.39, 0.29) is 5.54 Å². The van der Waals surface area contributed by atoms with Gasteiger partial charge in [0.2, 0.25) is 0 Å². The zero-order valence-electron chi connectivity index (χ0n) is 12.6. The molecule has 20 heavy (non-hydrogen) atoms. The number of likely N-dealkylation sites (N-methyl/N-ethyl adjacent to an activating group) is 1. The third kappa shape index (κ3) is 3.00. The molecule has 1 N–H and O–H groups in total. The number of hydrogen-bond acceptors (Lipinski definition) is 4. The van der Waals surface area contributed by atoms with Gasteiger partial charge in [0.05, 0.1) is 12.7 Å². The van der Waals surface area contributed by atoms with E-state index < -0.39 is 0 Å². The van der Waals surface area contributed by atoms with Crippen LogP contribution in [0.25, 0.3) is 0 Å². The smallest absolute Gasteiger partial charge is 0.109 e. The zero-order chi connectivity index (χ0) is 14.0. The summed E-state index contributed by atoms with van der Waals surface area (Å²) in [6.45, 7) is 2.88. The number of nitrogens with one attached hydrogen (secondary N) is 1. The second-order valence-corrected chi connectivity index (χ2v) is 6.88. The minimum atomic E-state index is -0.228. The van der Waals surface area contributed by atoms with Gasteiger partial charge in [-0.15, -0.1) is 0 Å². The average molecular weight is 277 g/mol. The molecule has 3 atom stereocenters. The first-order valence-electron chi connectivity index (χ1n) is 8.20. The molecule has 0 aromatic rings. The Kier molecular flexibility index (Phi) is 4.30. The second-order valence-electron chi connectivity index (χ2n) is 6.88. The Balaban J connectivity index is 1.53. The third-order valence-electron chi connectivity index (χ3n) is 5.42. The molecule has 0 aromatic heterocycles. The largest absolute Gasteiger partial charge is 0.380 e. The highest BCUT2D eigenvalue weighted by Crippen LogP contribution is 2.40. The molecule has 0 spiro atoms. The van der Waals surface area contributed by atoms with Gasteiger partial charge in [0.1, 0.15) is 5.54 Å². The van der Waals surface area contributed by atoms with E-state index in [1.54, 1.807) is 0 Å². The first-order chi connectivity index (χ1) is 9.73. The van der Waals surface area contributed by atoms with E-state index in [9.17, 15) is 5.26 Å². The van der Waals surface area contributed by atoms with Crippen molar-refractivity contribution in [3.8, 4) is 6.07 Å². The van der Waals surface area contributed by atoms with Crippen LogP contribution in [0.3, 0.4) is 0 Å². The van der Waals surface area contributed by atoms with Gasteiger partial charge in [-0.1, -0.05) is 6.42 Å². The summed E-state index contributed by atoms with van der Waals surface area (Å²) in [5.41, 5.74) is -0.228. The molecule has 0 aromatic carbocycles. The Hall–Kier alpha value is -0.630. The van der Waals surface area contributed by atoms with Gasteiger partial charge in [-0.3, -0.25) is 5.32 Å². The maximum absolute atomic E-state index is 9.69. The molecule has 112 valence electrons. The van der Waals surface area contributed by atoms with Crippen molar-refractivity contribution in [2.24, 2.45) is 5.92 Å². The van der Waals surface area contributed by atoms with Crippen molar-refractivity contribution in [3.05, 3.63) is 0 Å². The van der Waals surface area contributed by atoms with E-state index in [1.807, 2.05) is 0 Å². The number of ether oxygens (including phenoxy) is 1. The maximum atomic E-state index is 9.69. The molecule has 1 saturated heterocycles. The van der Waals surface area contributed by atoms with Crippen molar-refractivity contribution in [1.29, 1.82) is 5.26 Å². The fraction of sp³-hybridized carbons (Fsp3) is 0.938. The highest BCUT2D eigenvalue weighted by Gasteiger charge is 2.45. The number of nitriles is 1. The van der Waals surface area contributed by atoms with Crippen LogP contribution in [0.4, 0.5) is 0 Å². The number of nitrogens with zero attached hydrogens (tertiary/aromatic N) is 2. The normalized spacial score (nSPS) is 37.5. The summed E-state index contributed by atoms with van der Waals surface area (Å²) >= 11 is 0. The average Bonchev–Trinajstić information content (AvgIpc) is 2.95. The lowest BCUT2D eigenvalue weighted by molar-refractivity contribution is 0.151. The molecule has 4 nitrogen and oxygen atoms in total. The minimum Gasteiger partial charge on any atom is -0.380 e. The van der Waals surface area contributed by atoms with Crippen LogP contribution in [-0.4, -0.2) is 49.3 Å². The Morgan fingerprint density at radius 2 is 2.20 bits per heavy atom. The van der Waals surface area contributed by atoms with E-state index in [0.29, 0.717) is 18.0 Å². The van der Waals surface area contributed by atoms with Gasteiger partial charge >= 0.3 is 0 Å². The number of hydrogen-bond donors (Lipinski definition) is 1. The standard InChI is InChI=1S/C16H27N3O/c1-19(15-7-10-20-11-15)9-6-13-3-2-8-16(13,12-17)18-14-4-5-14/h13-15,18H,2-11H2,1H3. The molecular weight excluding hydrogens is 250 g/mol. The van der Waals surface area contributed by atoms with Crippen LogP contribution in [-0.2, 0) is 4.74 Å². The Bertz CT molecular complexity index is 370. The SMILES string of the molecule is CN(CCC1CCCC1(C#N)NC1CC1)C1CCOC1. The fourth-order valence-corrected chi connectivity index (χ4v) is 3.84. The number of rotatable bonds is 6. The van der Waals surface area contributed by atoms with Crippen LogP contribution < -0.4 is 5.32 Å². The summed E-state index contributed by atoms with van der Waals surface area (Å²) < 4.78 is 5.47. The fourth-order valence-electron chi connectivity index (χ4n) is 3.84. The lowest BCUT2D eigenvalue weighted by Crippen LogP contribution is -2.49. The summed E-state index contributed by atoms with van der Waals surface area (Å²) in [5.74, 6) is 0.526. The summed E-state index contributed by atoms with van der Waals surface area (Å²) in [7, 11) is 2.21. The van der Waals surface area contributed by atoms with Crippen LogP contribution in [0.5, 0.6) is 0 Å². The Morgan fingerprint density at radius 1 is 1.35 bits per heavy atom. The van der Waals surface area contributed by atoms with Gasteiger partial charge < -0.3 is 9.64 Å². The summed E-state index contributed by atoms with van der Waals surface area (Å²) in [6, 6.07) is 3.85. The van der Waals surface area contributed by atoms with Gasteiger partial charge in [-0.05, 0) is 58.0 Å². The van der Waals surface area contributed by atoms with Crippen molar-refractivity contribution in [2.45, 2.75) is 62.6 Å². The Labute approximate surface area is 122 Å². The lowest BCUT2D eigenvalue weighted by atomic mass is 9.85. The van der Waals surface area contributed by atoms with Crippen molar-refractivity contribution in [3.63, 3.8) is 0 Å². The molecule has 3 unspecified atom stereocenters. The van der Waals surface area contributed by atoms with Gasteiger partial charge in [0.25, 0.3) is 0 Å². The van der Waals surface area contributed by atoms with E-state index in [2.05, 4.69) is 23.3 Å². The summed E-state index contributed by atoms with van der Waals surface area (Å²) in [4.78, 5) is 2.44. The molecular formula is C16H27N3O. The highest BCUT2D eigenvalue weighted by atomic mass is 16.5. The molecule has 3 fully saturated rings. The second kappa shape index (κ2) is 6.01. The predicted molar refractivity (Wildman–Crippen MR) is 78.3 cm³/mol. The minimum absolute atomic E-state index is 0.228. The molecule has 0 bridgehead atoms. The molecule has 0 amide bonds. The van der Waals surface area contributed by atoms with E-state index in [1.165, 1.54) is 25.7 Å². The maximum Gasteiger partial charge on any atom is 0.109 e. The van der Waals surface area contributed by atoms with E-state index in [0.717, 1.165) is 39.0 Å². The first-order valence-corrected chi connectivity index (χ1v) is 8.20.